The van der Waals surface area contributed by atoms with Gasteiger partial charge in [0, 0.05) is 5.56 Å². The van der Waals surface area contributed by atoms with Gasteiger partial charge in [-0.2, -0.15) is 0 Å². The van der Waals surface area contributed by atoms with Crippen LogP contribution in [0.15, 0.2) is 36.4 Å². The third-order valence-electron chi connectivity index (χ3n) is 5.26. The molecule has 1 N–H and O–H groups in total. The first-order valence-electron chi connectivity index (χ1n) is 9.82. The van der Waals surface area contributed by atoms with Gasteiger partial charge in [-0.15, -0.1) is 0 Å². The minimum Gasteiger partial charge on any atom is -0.497 e. The predicted molar refractivity (Wildman–Crippen MR) is 109 cm³/mol. The fraction of sp³-hybridized carbons (Fsp3) is 0.435. The zero-order valence-electron chi connectivity index (χ0n) is 17.1. The first-order valence-corrected chi connectivity index (χ1v) is 9.82. The number of methoxy groups -OCH3 is 2. The second kappa shape index (κ2) is 9.00. The standard InChI is InChI=1S/C23H29NO4/c1-15(21-14-19(26-3)11-12-22(21)27-4)24-23(25)16(2)28-20-10-9-17-7-5-6-8-18(17)13-20/h9-16H,5-8H2,1-4H3,(H,24,25)/t15-,16+/m0/s1. The summed E-state index contributed by atoms with van der Waals surface area (Å²) < 4.78 is 16.6. The van der Waals surface area contributed by atoms with Crippen LogP contribution in [0.25, 0.3) is 0 Å². The molecule has 0 saturated heterocycles. The largest absolute Gasteiger partial charge is 0.497 e. The summed E-state index contributed by atoms with van der Waals surface area (Å²) in [5.41, 5.74) is 3.59. The Labute approximate surface area is 167 Å². The van der Waals surface area contributed by atoms with Crippen molar-refractivity contribution < 1.29 is 19.0 Å². The number of hydrogen-bond donors (Lipinski definition) is 1. The van der Waals surface area contributed by atoms with Crippen LogP contribution in [0.1, 0.15) is 49.4 Å². The SMILES string of the molecule is COc1ccc(OC)c([C@H](C)NC(=O)[C@@H](C)Oc2ccc3c(c2)CCCC3)c1. The Bertz CT molecular complexity index is 833. The second-order valence-electron chi connectivity index (χ2n) is 7.24. The van der Waals surface area contributed by atoms with E-state index < -0.39 is 6.10 Å². The van der Waals surface area contributed by atoms with Crippen molar-refractivity contribution in [1.82, 2.24) is 5.32 Å². The number of benzene rings is 2. The van der Waals surface area contributed by atoms with E-state index in [0.29, 0.717) is 5.75 Å². The summed E-state index contributed by atoms with van der Waals surface area (Å²) in [4.78, 5) is 12.7. The van der Waals surface area contributed by atoms with Gasteiger partial charge in [0.25, 0.3) is 5.91 Å². The number of aryl methyl sites for hydroxylation is 2. The quantitative estimate of drug-likeness (QED) is 0.777. The highest BCUT2D eigenvalue weighted by Gasteiger charge is 2.21. The summed E-state index contributed by atoms with van der Waals surface area (Å²) >= 11 is 0. The van der Waals surface area contributed by atoms with Crippen LogP contribution in [0.3, 0.4) is 0 Å². The molecule has 2 aromatic rings. The molecule has 150 valence electrons. The van der Waals surface area contributed by atoms with Crippen LogP contribution in [0.5, 0.6) is 17.2 Å². The van der Waals surface area contributed by atoms with E-state index >= 15 is 0 Å². The van der Waals surface area contributed by atoms with Crippen LogP contribution in [-0.4, -0.2) is 26.2 Å². The molecule has 0 fully saturated rings. The Hall–Kier alpha value is -2.69. The van der Waals surface area contributed by atoms with E-state index in [9.17, 15) is 4.79 Å². The molecule has 0 radical (unpaired) electrons. The van der Waals surface area contributed by atoms with Crippen LogP contribution in [0.4, 0.5) is 0 Å². The number of carbonyl (C=O) groups excluding carboxylic acids is 1. The lowest BCUT2D eigenvalue weighted by molar-refractivity contribution is -0.127. The number of amides is 1. The molecule has 0 saturated carbocycles. The summed E-state index contributed by atoms with van der Waals surface area (Å²) in [6, 6.07) is 11.5. The average molecular weight is 383 g/mol. The van der Waals surface area contributed by atoms with Gasteiger partial charge in [-0.1, -0.05) is 6.07 Å². The smallest absolute Gasteiger partial charge is 0.261 e. The molecule has 0 heterocycles. The van der Waals surface area contributed by atoms with Crippen molar-refractivity contribution >= 4 is 5.91 Å². The van der Waals surface area contributed by atoms with Crippen molar-refractivity contribution in [2.75, 3.05) is 14.2 Å². The maximum Gasteiger partial charge on any atom is 0.261 e. The number of fused-ring (bicyclic) bond motifs is 1. The van der Waals surface area contributed by atoms with E-state index in [1.807, 2.05) is 31.2 Å². The molecule has 28 heavy (non-hydrogen) atoms. The average Bonchev–Trinajstić information content (AvgIpc) is 2.72. The molecule has 0 bridgehead atoms. The Morgan fingerprint density at radius 3 is 2.36 bits per heavy atom. The van der Waals surface area contributed by atoms with Crippen molar-refractivity contribution in [1.29, 1.82) is 0 Å². The van der Waals surface area contributed by atoms with E-state index in [1.165, 1.54) is 24.0 Å². The molecular formula is C23H29NO4. The van der Waals surface area contributed by atoms with Crippen LogP contribution in [-0.2, 0) is 17.6 Å². The molecule has 5 nitrogen and oxygen atoms in total. The van der Waals surface area contributed by atoms with E-state index in [4.69, 9.17) is 14.2 Å². The van der Waals surface area contributed by atoms with Gasteiger partial charge in [0.15, 0.2) is 6.10 Å². The molecule has 1 amide bonds. The molecule has 2 aromatic carbocycles. The van der Waals surface area contributed by atoms with Crippen LogP contribution < -0.4 is 19.5 Å². The summed E-state index contributed by atoms with van der Waals surface area (Å²) in [6.45, 7) is 3.69. The molecule has 5 heteroatoms. The lowest BCUT2D eigenvalue weighted by Gasteiger charge is -2.22. The molecule has 1 aliphatic rings. The minimum absolute atomic E-state index is 0.171. The highest BCUT2D eigenvalue weighted by molar-refractivity contribution is 5.81. The first kappa shape index (κ1) is 20.1. The molecule has 3 rings (SSSR count). The Balaban J connectivity index is 1.65. The third kappa shape index (κ3) is 4.58. The fourth-order valence-electron chi connectivity index (χ4n) is 3.63. The highest BCUT2D eigenvalue weighted by atomic mass is 16.5. The number of hydrogen-bond acceptors (Lipinski definition) is 4. The normalized spacial score (nSPS) is 15.1. The lowest BCUT2D eigenvalue weighted by atomic mass is 9.92. The maximum absolute atomic E-state index is 12.7. The predicted octanol–water partition coefficient (Wildman–Crippen LogP) is 4.23. The third-order valence-corrected chi connectivity index (χ3v) is 5.26. The molecule has 0 aromatic heterocycles. The number of rotatable bonds is 7. The summed E-state index contributed by atoms with van der Waals surface area (Å²) in [5, 5.41) is 3.01. The van der Waals surface area contributed by atoms with E-state index in [0.717, 1.165) is 29.9 Å². The highest BCUT2D eigenvalue weighted by Crippen LogP contribution is 2.29. The Morgan fingerprint density at radius 1 is 0.929 bits per heavy atom. The van der Waals surface area contributed by atoms with Crippen molar-refractivity contribution in [2.45, 2.75) is 51.7 Å². The molecule has 0 spiro atoms. The van der Waals surface area contributed by atoms with E-state index in [1.54, 1.807) is 21.1 Å². The fourth-order valence-corrected chi connectivity index (χ4v) is 3.63. The van der Waals surface area contributed by atoms with Crippen LogP contribution in [0, 0.1) is 0 Å². The monoisotopic (exact) mass is 383 g/mol. The van der Waals surface area contributed by atoms with E-state index in [-0.39, 0.29) is 11.9 Å². The van der Waals surface area contributed by atoms with Gasteiger partial charge in [0.05, 0.1) is 20.3 Å². The first-order chi connectivity index (χ1) is 13.5. The topological polar surface area (TPSA) is 56.8 Å². The molecule has 1 aliphatic carbocycles. The minimum atomic E-state index is -0.597. The van der Waals surface area contributed by atoms with Gasteiger partial charge in [0.1, 0.15) is 17.2 Å². The maximum atomic E-state index is 12.7. The number of nitrogens with one attached hydrogen (secondary N) is 1. The van der Waals surface area contributed by atoms with Crippen molar-refractivity contribution in [2.24, 2.45) is 0 Å². The van der Waals surface area contributed by atoms with Crippen molar-refractivity contribution in [3.8, 4) is 17.2 Å². The van der Waals surface area contributed by atoms with E-state index in [2.05, 4.69) is 17.4 Å². The van der Waals surface area contributed by atoms with Gasteiger partial charge >= 0.3 is 0 Å². The zero-order valence-corrected chi connectivity index (χ0v) is 17.1. The summed E-state index contributed by atoms with van der Waals surface area (Å²) in [7, 11) is 3.23. The van der Waals surface area contributed by atoms with Gasteiger partial charge in [-0.25, -0.2) is 0 Å². The number of carbonyl (C=O) groups is 1. The van der Waals surface area contributed by atoms with Gasteiger partial charge < -0.3 is 19.5 Å². The summed E-state index contributed by atoms with van der Waals surface area (Å²) in [5.74, 6) is 2.00. The van der Waals surface area contributed by atoms with Crippen molar-refractivity contribution in [3.05, 3.63) is 53.1 Å². The number of ether oxygens (including phenoxy) is 3. The lowest BCUT2D eigenvalue weighted by Crippen LogP contribution is -2.37. The summed E-state index contributed by atoms with van der Waals surface area (Å²) in [6.07, 6.45) is 4.08. The van der Waals surface area contributed by atoms with Crippen molar-refractivity contribution in [3.63, 3.8) is 0 Å². The molecule has 0 aliphatic heterocycles. The molecular weight excluding hydrogens is 354 g/mol. The van der Waals surface area contributed by atoms with Crippen LogP contribution >= 0.6 is 0 Å². The van der Waals surface area contributed by atoms with Crippen LogP contribution in [0.2, 0.25) is 0 Å². The molecule has 0 unspecified atom stereocenters. The van der Waals surface area contributed by atoms with Gasteiger partial charge in [-0.05, 0) is 81.0 Å². The van der Waals surface area contributed by atoms with Gasteiger partial charge in [0.2, 0.25) is 0 Å². The van der Waals surface area contributed by atoms with Gasteiger partial charge in [-0.3, -0.25) is 4.79 Å². The molecule has 2 atom stereocenters. The Kier molecular flexibility index (Phi) is 6.45. The zero-order chi connectivity index (χ0) is 20.1. The second-order valence-corrected chi connectivity index (χ2v) is 7.24. The Morgan fingerprint density at radius 2 is 1.64 bits per heavy atom.